The molecule has 0 aliphatic heterocycles. The van der Waals surface area contributed by atoms with Crippen molar-refractivity contribution in [2.45, 2.75) is 43.9 Å². The molecule has 0 bridgehead atoms. The average molecular weight is 531 g/mol. The fraction of sp³-hybridized carbons (Fsp3) is 0.346. The first-order valence-corrected chi connectivity index (χ1v) is 13.4. The van der Waals surface area contributed by atoms with Crippen molar-refractivity contribution < 1.29 is 9.13 Å². The van der Waals surface area contributed by atoms with Crippen LogP contribution in [0, 0.1) is 12.7 Å². The van der Waals surface area contributed by atoms with Crippen LogP contribution in [0.15, 0.2) is 78.4 Å². The van der Waals surface area contributed by atoms with E-state index >= 15 is 0 Å². The highest BCUT2D eigenvalue weighted by Gasteiger charge is 2.19. The molecule has 0 saturated heterocycles. The maximum atomic E-state index is 14.7. The monoisotopic (exact) mass is 530 g/mol. The summed E-state index contributed by atoms with van der Waals surface area (Å²) in [6, 6.07) is 7.09. The van der Waals surface area contributed by atoms with Crippen LogP contribution in [0.3, 0.4) is 0 Å². The molecule has 4 N–H and O–H groups in total. The predicted octanol–water partition coefficient (Wildman–Crippen LogP) is 6.33. The molecule has 7 nitrogen and oxygen atoms in total. The van der Waals surface area contributed by atoms with Crippen LogP contribution >= 0.6 is 23.5 Å². The Labute approximate surface area is 221 Å². The first kappa shape index (κ1) is 29.4. The Hall–Kier alpha value is -2.82. The number of nitrogens with zero attached hydrogens (tertiary/aromatic N) is 3. The number of anilines is 1. The quantitative estimate of drug-likeness (QED) is 0.136. The number of thioether (sulfide) groups is 2. The summed E-state index contributed by atoms with van der Waals surface area (Å²) in [5, 5.41) is 11.2. The molecule has 0 fully saturated rings. The zero-order valence-electron chi connectivity index (χ0n) is 21.9. The minimum absolute atomic E-state index is 0.255. The summed E-state index contributed by atoms with van der Waals surface area (Å²) in [6.07, 6.45) is 5.95. The van der Waals surface area contributed by atoms with Crippen LogP contribution in [0.25, 0.3) is 0 Å². The number of nitrogens with two attached hydrogens (primary N) is 1. The smallest absolute Gasteiger partial charge is 0.153 e. The molecule has 1 aromatic heterocycles. The molecule has 10 heteroatoms. The molecular weight excluding hydrogens is 495 g/mol. The maximum absolute atomic E-state index is 14.7. The van der Waals surface area contributed by atoms with Gasteiger partial charge in [0, 0.05) is 59.3 Å². The number of methoxy groups -OCH3 is 1. The van der Waals surface area contributed by atoms with Crippen LogP contribution in [0.4, 0.5) is 10.2 Å². The molecule has 0 unspecified atom stereocenters. The van der Waals surface area contributed by atoms with Gasteiger partial charge in [-0.25, -0.2) is 9.38 Å². The van der Waals surface area contributed by atoms with E-state index in [1.807, 2.05) is 39.2 Å². The zero-order chi connectivity index (χ0) is 26.7. The van der Waals surface area contributed by atoms with Gasteiger partial charge in [-0.15, -0.1) is 11.8 Å². The van der Waals surface area contributed by atoms with Crippen molar-refractivity contribution in [3.63, 3.8) is 0 Å². The molecular formula is C26H35FN6OS2. The third kappa shape index (κ3) is 8.11. The highest BCUT2D eigenvalue weighted by Crippen LogP contribution is 2.31. The normalized spacial score (nSPS) is 14.2. The molecule has 36 heavy (non-hydrogen) atoms. The van der Waals surface area contributed by atoms with Gasteiger partial charge in [-0.3, -0.25) is 10.1 Å². The summed E-state index contributed by atoms with van der Waals surface area (Å²) in [4.78, 5) is 10.4. The summed E-state index contributed by atoms with van der Waals surface area (Å²) < 4.78 is 20.3. The Morgan fingerprint density at radius 3 is 2.58 bits per heavy atom. The number of aliphatic imine (C=N–C) groups is 2. The molecule has 0 aliphatic rings. The molecule has 0 aliphatic carbocycles. The van der Waals surface area contributed by atoms with E-state index in [-0.39, 0.29) is 12.4 Å². The fourth-order valence-electron chi connectivity index (χ4n) is 3.39. The minimum Gasteiger partial charge on any atom is -0.404 e. The molecule has 1 heterocycles. The first-order valence-electron chi connectivity index (χ1n) is 11.4. The van der Waals surface area contributed by atoms with Crippen molar-refractivity contribution in [1.82, 2.24) is 10.2 Å². The van der Waals surface area contributed by atoms with Gasteiger partial charge in [0.2, 0.25) is 0 Å². The predicted molar refractivity (Wildman–Crippen MR) is 153 cm³/mol. The van der Waals surface area contributed by atoms with Crippen LogP contribution < -0.4 is 11.1 Å². The summed E-state index contributed by atoms with van der Waals surface area (Å²) >= 11 is 2.76. The number of nitrogens with one attached hydrogen (secondary N) is 2. The summed E-state index contributed by atoms with van der Waals surface area (Å²) in [5.41, 5.74) is 10.4. The second-order valence-electron chi connectivity index (χ2n) is 7.87. The lowest BCUT2D eigenvalue weighted by atomic mass is 9.93. The van der Waals surface area contributed by atoms with Crippen molar-refractivity contribution in [3.05, 3.63) is 70.1 Å². The minimum atomic E-state index is -0.283. The van der Waals surface area contributed by atoms with E-state index < -0.39 is 0 Å². The lowest BCUT2D eigenvalue weighted by Crippen LogP contribution is -2.13. The fourth-order valence-corrected chi connectivity index (χ4v) is 4.57. The molecule has 0 atom stereocenters. The van der Waals surface area contributed by atoms with Gasteiger partial charge >= 0.3 is 0 Å². The Balaban J connectivity index is 2.71. The van der Waals surface area contributed by atoms with Gasteiger partial charge in [0.05, 0.1) is 11.7 Å². The third-order valence-corrected chi connectivity index (χ3v) is 6.85. The number of benzene rings is 1. The van der Waals surface area contributed by atoms with Crippen molar-refractivity contribution in [2.75, 3.05) is 32.3 Å². The molecule has 0 amide bonds. The Morgan fingerprint density at radius 1 is 1.31 bits per heavy atom. The average Bonchev–Trinajstić information content (AvgIpc) is 3.27. The van der Waals surface area contributed by atoms with E-state index in [4.69, 9.17) is 15.5 Å². The number of H-pyrrole nitrogens is 1. The number of aryl methyl sites for hydroxylation is 1. The highest BCUT2D eigenvalue weighted by atomic mass is 32.2. The van der Waals surface area contributed by atoms with Crippen molar-refractivity contribution >= 4 is 40.6 Å². The molecule has 2 aromatic rings. The lowest BCUT2D eigenvalue weighted by Gasteiger charge is -2.19. The second kappa shape index (κ2) is 14.7. The number of ether oxygens (including phenoxy) is 1. The Kier molecular flexibility index (Phi) is 12.0. The summed E-state index contributed by atoms with van der Waals surface area (Å²) in [6.45, 7) is 8.14. The van der Waals surface area contributed by atoms with E-state index in [9.17, 15) is 4.39 Å². The van der Waals surface area contributed by atoms with Gasteiger partial charge in [0.15, 0.2) is 5.82 Å². The van der Waals surface area contributed by atoms with Crippen molar-refractivity contribution in [3.8, 4) is 0 Å². The Bertz CT molecular complexity index is 1200. The number of aromatic nitrogens is 2. The largest absolute Gasteiger partial charge is 0.404 e. The van der Waals surface area contributed by atoms with Gasteiger partial charge in [-0.05, 0) is 57.2 Å². The van der Waals surface area contributed by atoms with E-state index in [0.717, 1.165) is 39.3 Å². The number of hydrogen-bond acceptors (Lipinski definition) is 8. The molecule has 194 valence electrons. The van der Waals surface area contributed by atoms with Gasteiger partial charge in [0.1, 0.15) is 11.6 Å². The SMILES string of the molecule is CC/C(C)=C(C(\C=NC)=C\N)/C(COC)=C(\N=C(/C)Sc1ccc(SC)cc1F)Nc1cc(C)[nH]n1. The van der Waals surface area contributed by atoms with Crippen LogP contribution in [0.2, 0.25) is 0 Å². The van der Waals surface area contributed by atoms with Crippen LogP contribution in [-0.2, 0) is 4.74 Å². The Morgan fingerprint density at radius 2 is 2.06 bits per heavy atom. The van der Waals surface area contributed by atoms with Gasteiger partial charge in [-0.2, -0.15) is 5.10 Å². The summed E-state index contributed by atoms with van der Waals surface area (Å²) in [5.74, 6) is 0.847. The molecule has 0 saturated carbocycles. The third-order valence-electron chi connectivity index (χ3n) is 5.19. The number of hydrogen-bond donors (Lipinski definition) is 3. The van der Waals surface area contributed by atoms with Crippen molar-refractivity contribution in [2.24, 2.45) is 15.7 Å². The van der Waals surface area contributed by atoms with Crippen LogP contribution in [0.1, 0.15) is 32.9 Å². The van der Waals surface area contributed by atoms with Crippen LogP contribution in [0.5, 0.6) is 0 Å². The lowest BCUT2D eigenvalue weighted by molar-refractivity contribution is 0.226. The van der Waals surface area contributed by atoms with Gasteiger partial charge < -0.3 is 15.8 Å². The standard InChI is InChI=1S/C26H35FN6OS2/c1-8-16(2)25(19(13-28)14-29-5)21(15-34-6)26(31-24-11-17(3)32-33-24)30-18(4)36-23-10-9-20(35-7)12-22(23)27/h9-14H,8,15,28H2,1-7H3,(H2,31,32,33)/b19-13+,25-16+,26-21+,29-14?,30-18+. The molecule has 1 aromatic carbocycles. The van der Waals surface area contributed by atoms with Gasteiger partial charge in [-0.1, -0.05) is 24.3 Å². The second-order valence-corrected chi connectivity index (χ2v) is 9.98. The van der Waals surface area contributed by atoms with E-state index in [2.05, 4.69) is 27.4 Å². The van der Waals surface area contributed by atoms with Crippen LogP contribution in [-0.4, -0.2) is 48.5 Å². The number of aromatic amines is 1. The van der Waals surface area contributed by atoms with E-state index in [1.54, 1.807) is 26.4 Å². The number of halogens is 1. The molecule has 0 spiro atoms. The number of allylic oxidation sites excluding steroid dienone is 2. The van der Waals surface area contributed by atoms with Crippen molar-refractivity contribution in [1.29, 1.82) is 0 Å². The highest BCUT2D eigenvalue weighted by molar-refractivity contribution is 8.13. The van der Waals surface area contributed by atoms with E-state index in [0.29, 0.717) is 21.6 Å². The van der Waals surface area contributed by atoms with E-state index in [1.165, 1.54) is 35.8 Å². The summed E-state index contributed by atoms with van der Waals surface area (Å²) in [7, 11) is 3.33. The topological polar surface area (TPSA) is 101 Å². The van der Waals surface area contributed by atoms with Gasteiger partial charge in [0.25, 0.3) is 0 Å². The number of rotatable bonds is 11. The first-order chi connectivity index (χ1) is 17.3. The maximum Gasteiger partial charge on any atom is 0.153 e. The molecule has 2 rings (SSSR count). The molecule has 0 radical (unpaired) electrons. The zero-order valence-corrected chi connectivity index (χ0v) is 23.5.